The lowest BCUT2D eigenvalue weighted by atomic mass is 10.2. The van der Waals surface area contributed by atoms with E-state index in [2.05, 4.69) is 26.0 Å². The van der Waals surface area contributed by atoms with Crippen LogP contribution in [0.5, 0.6) is 0 Å². The summed E-state index contributed by atoms with van der Waals surface area (Å²) in [7, 11) is 0. The number of carbonyl (C=O) groups is 1. The summed E-state index contributed by atoms with van der Waals surface area (Å²) in [6.07, 6.45) is 0. The van der Waals surface area contributed by atoms with E-state index in [0.29, 0.717) is 4.47 Å². The highest BCUT2D eigenvalue weighted by molar-refractivity contribution is 9.10. The fraction of sp³-hybridized carbons (Fsp3) is 0. The molecule has 72 valence electrons. The fourth-order valence-electron chi connectivity index (χ4n) is 0.887. The molecular formula is C7H3BrClN3O2. The van der Waals surface area contributed by atoms with Crippen LogP contribution in [0.4, 0.5) is 5.69 Å². The van der Waals surface area contributed by atoms with E-state index in [-0.39, 0.29) is 16.3 Å². The normalized spacial score (nSPS) is 9.29. The molecule has 0 spiro atoms. The molecule has 0 fully saturated rings. The van der Waals surface area contributed by atoms with Crippen LogP contribution in [0.15, 0.2) is 21.7 Å². The lowest BCUT2D eigenvalue weighted by Gasteiger charge is -2.04. The number of hydrogen-bond donors (Lipinski definition) is 1. The molecule has 0 atom stereocenters. The van der Waals surface area contributed by atoms with E-state index >= 15 is 0 Å². The van der Waals surface area contributed by atoms with Gasteiger partial charge in [0.15, 0.2) is 0 Å². The summed E-state index contributed by atoms with van der Waals surface area (Å²) in [6, 6.07) is 2.92. The average Bonchev–Trinajstić information content (AvgIpc) is 2.11. The SMILES string of the molecule is [N-]=[N+]=Nc1c(Br)ccc(Cl)c1C(=O)O. The Balaban J connectivity index is 3.57. The highest BCUT2D eigenvalue weighted by atomic mass is 79.9. The van der Waals surface area contributed by atoms with E-state index in [1.54, 1.807) is 0 Å². The number of hydrogen-bond acceptors (Lipinski definition) is 2. The van der Waals surface area contributed by atoms with Crippen LogP contribution in [0.3, 0.4) is 0 Å². The van der Waals surface area contributed by atoms with Crippen molar-refractivity contribution in [1.29, 1.82) is 0 Å². The van der Waals surface area contributed by atoms with Crippen molar-refractivity contribution in [3.8, 4) is 0 Å². The Morgan fingerprint density at radius 2 is 2.29 bits per heavy atom. The number of halogens is 2. The Morgan fingerprint density at radius 3 is 2.79 bits per heavy atom. The average molecular weight is 276 g/mol. The maximum absolute atomic E-state index is 10.8. The second-order valence-corrected chi connectivity index (χ2v) is 3.51. The molecule has 7 heteroatoms. The van der Waals surface area contributed by atoms with E-state index in [1.807, 2.05) is 0 Å². The lowest BCUT2D eigenvalue weighted by Crippen LogP contribution is -1.98. The van der Waals surface area contributed by atoms with Gasteiger partial charge in [-0.15, -0.1) is 0 Å². The first-order valence-corrected chi connectivity index (χ1v) is 4.51. The van der Waals surface area contributed by atoms with Crippen molar-refractivity contribution < 1.29 is 9.90 Å². The van der Waals surface area contributed by atoms with E-state index in [0.717, 1.165) is 0 Å². The summed E-state index contributed by atoms with van der Waals surface area (Å²) in [6.45, 7) is 0. The summed E-state index contributed by atoms with van der Waals surface area (Å²) < 4.78 is 0.386. The third kappa shape index (κ3) is 1.98. The molecule has 14 heavy (non-hydrogen) atoms. The predicted octanol–water partition coefficient (Wildman–Crippen LogP) is 3.74. The molecule has 0 aliphatic rings. The molecule has 1 N–H and O–H groups in total. The van der Waals surface area contributed by atoms with Crippen molar-refractivity contribution in [2.75, 3.05) is 0 Å². The summed E-state index contributed by atoms with van der Waals surface area (Å²) in [5.74, 6) is -1.24. The van der Waals surface area contributed by atoms with Crippen molar-refractivity contribution >= 4 is 39.2 Å². The Labute approximate surface area is 92.1 Å². The van der Waals surface area contributed by atoms with Gasteiger partial charge in [0.05, 0.1) is 16.3 Å². The second kappa shape index (κ2) is 4.32. The highest BCUT2D eigenvalue weighted by Gasteiger charge is 2.15. The van der Waals surface area contributed by atoms with Crippen molar-refractivity contribution in [2.24, 2.45) is 5.11 Å². The van der Waals surface area contributed by atoms with Crippen LogP contribution in [0, 0.1) is 0 Å². The molecule has 0 radical (unpaired) electrons. The summed E-state index contributed by atoms with van der Waals surface area (Å²) in [5.41, 5.74) is 8.01. The van der Waals surface area contributed by atoms with E-state index in [1.165, 1.54) is 12.1 Å². The van der Waals surface area contributed by atoms with Crippen LogP contribution in [-0.4, -0.2) is 11.1 Å². The fourth-order valence-corrected chi connectivity index (χ4v) is 1.53. The van der Waals surface area contributed by atoms with Gasteiger partial charge in [-0.25, -0.2) is 4.79 Å². The van der Waals surface area contributed by atoms with Gasteiger partial charge in [0.1, 0.15) is 0 Å². The molecule has 0 aromatic heterocycles. The first-order chi connectivity index (χ1) is 6.57. The van der Waals surface area contributed by atoms with Crippen molar-refractivity contribution in [2.45, 2.75) is 0 Å². The van der Waals surface area contributed by atoms with E-state index in [4.69, 9.17) is 22.2 Å². The van der Waals surface area contributed by atoms with Crippen molar-refractivity contribution in [1.82, 2.24) is 0 Å². The van der Waals surface area contributed by atoms with Gasteiger partial charge >= 0.3 is 5.97 Å². The third-order valence-corrected chi connectivity index (χ3v) is 2.39. The van der Waals surface area contributed by atoms with Crippen LogP contribution >= 0.6 is 27.5 Å². The van der Waals surface area contributed by atoms with Gasteiger partial charge < -0.3 is 5.11 Å². The van der Waals surface area contributed by atoms with Gasteiger partial charge in [-0.05, 0) is 17.7 Å². The van der Waals surface area contributed by atoms with Crippen LogP contribution in [-0.2, 0) is 0 Å². The number of carboxylic acids is 1. The first kappa shape index (κ1) is 10.8. The number of aromatic carboxylic acids is 1. The molecule has 0 bridgehead atoms. The molecule has 0 amide bonds. The van der Waals surface area contributed by atoms with Gasteiger partial charge in [0.25, 0.3) is 0 Å². The predicted molar refractivity (Wildman–Crippen MR) is 54.9 cm³/mol. The molecule has 1 rings (SSSR count). The Kier molecular flexibility index (Phi) is 3.35. The summed E-state index contributed by atoms with van der Waals surface area (Å²) >= 11 is 8.71. The Morgan fingerprint density at radius 1 is 1.64 bits per heavy atom. The molecule has 0 saturated heterocycles. The van der Waals surface area contributed by atoms with Crippen LogP contribution < -0.4 is 0 Å². The zero-order valence-electron chi connectivity index (χ0n) is 6.61. The number of rotatable bonds is 2. The highest BCUT2D eigenvalue weighted by Crippen LogP contribution is 2.34. The maximum atomic E-state index is 10.8. The van der Waals surface area contributed by atoms with Crippen LogP contribution in [0.2, 0.25) is 5.02 Å². The monoisotopic (exact) mass is 275 g/mol. The van der Waals surface area contributed by atoms with Crippen molar-refractivity contribution in [3.63, 3.8) is 0 Å². The van der Waals surface area contributed by atoms with Crippen LogP contribution in [0.25, 0.3) is 10.4 Å². The lowest BCUT2D eigenvalue weighted by molar-refractivity contribution is 0.0698. The standard InChI is InChI=1S/C7H3BrClN3O2/c8-3-1-2-4(9)5(7(13)14)6(3)11-12-10/h1-2H,(H,13,14). The molecule has 1 aromatic rings. The summed E-state index contributed by atoms with van der Waals surface area (Å²) in [5, 5.41) is 12.1. The first-order valence-electron chi connectivity index (χ1n) is 3.34. The minimum atomic E-state index is -1.24. The Bertz CT molecular complexity index is 416. The molecule has 0 aliphatic heterocycles. The molecule has 0 saturated carbocycles. The quantitative estimate of drug-likeness (QED) is 0.506. The zero-order chi connectivity index (χ0) is 10.7. The van der Waals surface area contributed by atoms with E-state index < -0.39 is 5.97 Å². The minimum Gasteiger partial charge on any atom is -0.478 e. The van der Waals surface area contributed by atoms with Crippen molar-refractivity contribution in [3.05, 3.63) is 37.6 Å². The van der Waals surface area contributed by atoms with Gasteiger partial charge in [0, 0.05) is 9.38 Å². The molecular weight excluding hydrogens is 273 g/mol. The largest absolute Gasteiger partial charge is 0.478 e. The number of nitrogens with zero attached hydrogens (tertiary/aromatic N) is 3. The van der Waals surface area contributed by atoms with Gasteiger partial charge in [-0.1, -0.05) is 32.6 Å². The third-order valence-electron chi connectivity index (χ3n) is 1.44. The summed E-state index contributed by atoms with van der Waals surface area (Å²) in [4.78, 5) is 13.3. The van der Waals surface area contributed by atoms with Gasteiger partial charge in [0.2, 0.25) is 0 Å². The topological polar surface area (TPSA) is 86.1 Å². The second-order valence-electron chi connectivity index (χ2n) is 2.25. The molecule has 0 heterocycles. The number of benzene rings is 1. The number of azide groups is 1. The van der Waals surface area contributed by atoms with Gasteiger partial charge in [-0.3, -0.25) is 0 Å². The minimum absolute atomic E-state index is 0.0208. The van der Waals surface area contributed by atoms with E-state index in [9.17, 15) is 4.79 Å². The number of carboxylic acid groups (broad SMARTS) is 1. The smallest absolute Gasteiger partial charge is 0.337 e. The molecule has 0 unspecified atom stereocenters. The maximum Gasteiger partial charge on any atom is 0.337 e. The van der Waals surface area contributed by atoms with Gasteiger partial charge in [-0.2, -0.15) is 0 Å². The molecule has 1 aromatic carbocycles. The van der Waals surface area contributed by atoms with Crippen LogP contribution in [0.1, 0.15) is 10.4 Å². The molecule has 0 aliphatic carbocycles. The molecule has 5 nitrogen and oxygen atoms in total. The Hall–Kier alpha value is -1.23. The zero-order valence-corrected chi connectivity index (χ0v) is 8.95.